The van der Waals surface area contributed by atoms with Crippen LogP contribution < -0.4 is 15.0 Å². The van der Waals surface area contributed by atoms with Gasteiger partial charge < -0.3 is 15.0 Å². The van der Waals surface area contributed by atoms with E-state index in [0.717, 1.165) is 50.6 Å². The number of benzene rings is 3. The molecule has 3 aromatic carbocycles. The van der Waals surface area contributed by atoms with Crippen molar-refractivity contribution >= 4 is 17.3 Å². The van der Waals surface area contributed by atoms with E-state index < -0.39 is 0 Å². The number of nitrogens with one attached hydrogen (secondary N) is 1. The third kappa shape index (κ3) is 5.64. The van der Waals surface area contributed by atoms with Crippen molar-refractivity contribution in [2.75, 3.05) is 43.5 Å². The quantitative estimate of drug-likeness (QED) is 0.636. The average molecular weight is 416 g/mol. The zero-order valence-corrected chi connectivity index (χ0v) is 18.0. The monoisotopic (exact) mass is 415 g/mol. The molecule has 0 unspecified atom stereocenters. The van der Waals surface area contributed by atoms with Gasteiger partial charge in [0.15, 0.2) is 0 Å². The lowest BCUT2D eigenvalue weighted by atomic mass is 10.1. The minimum Gasteiger partial charge on any atom is -0.497 e. The molecule has 31 heavy (non-hydrogen) atoms. The summed E-state index contributed by atoms with van der Waals surface area (Å²) >= 11 is 0. The molecule has 1 heterocycles. The van der Waals surface area contributed by atoms with Gasteiger partial charge in [0.1, 0.15) is 5.75 Å². The molecule has 0 atom stereocenters. The number of ether oxygens (including phenoxy) is 1. The molecule has 1 fully saturated rings. The third-order valence-electron chi connectivity index (χ3n) is 5.68. The molecule has 0 saturated carbocycles. The summed E-state index contributed by atoms with van der Waals surface area (Å²) in [4.78, 5) is 17.4. The molecule has 5 nitrogen and oxygen atoms in total. The van der Waals surface area contributed by atoms with Gasteiger partial charge in [-0.25, -0.2) is 0 Å². The number of hydrogen-bond acceptors (Lipinski definition) is 4. The van der Waals surface area contributed by atoms with Crippen LogP contribution in [0.15, 0.2) is 78.9 Å². The minimum absolute atomic E-state index is 0.0809. The number of anilines is 2. The summed E-state index contributed by atoms with van der Waals surface area (Å²) in [6.45, 7) is 5.05. The summed E-state index contributed by atoms with van der Waals surface area (Å²) in [5.74, 6) is 0.809. The Bertz CT molecular complexity index is 972. The Balaban J connectivity index is 1.31. The van der Waals surface area contributed by atoms with Gasteiger partial charge >= 0.3 is 0 Å². The van der Waals surface area contributed by atoms with E-state index in [9.17, 15) is 4.79 Å². The summed E-state index contributed by atoms with van der Waals surface area (Å²) in [5, 5.41) is 2.93. The highest BCUT2D eigenvalue weighted by molar-refractivity contribution is 6.04. The number of rotatable bonds is 6. The fourth-order valence-electron chi connectivity index (χ4n) is 3.92. The van der Waals surface area contributed by atoms with E-state index in [4.69, 9.17) is 4.74 Å². The Morgan fingerprint density at radius 1 is 0.871 bits per heavy atom. The number of para-hydroxylation sites is 1. The first-order valence-electron chi connectivity index (χ1n) is 10.8. The van der Waals surface area contributed by atoms with Crippen LogP contribution in [0.2, 0.25) is 0 Å². The Kier molecular flexibility index (Phi) is 6.85. The predicted molar refractivity (Wildman–Crippen MR) is 126 cm³/mol. The van der Waals surface area contributed by atoms with Crippen LogP contribution in [0, 0.1) is 0 Å². The molecule has 160 valence electrons. The molecule has 0 aromatic heterocycles. The van der Waals surface area contributed by atoms with Crippen molar-refractivity contribution in [2.45, 2.75) is 13.0 Å². The SMILES string of the molecule is COc1ccc(N2CCCN(Cc3ccc(C(=O)Nc4ccccc4)cc3)CC2)cc1. The van der Waals surface area contributed by atoms with Gasteiger partial charge in [0.2, 0.25) is 0 Å². The molecular weight excluding hydrogens is 386 g/mol. The van der Waals surface area contributed by atoms with Crippen molar-refractivity contribution < 1.29 is 9.53 Å². The van der Waals surface area contributed by atoms with Gasteiger partial charge in [-0.1, -0.05) is 30.3 Å². The van der Waals surface area contributed by atoms with Gasteiger partial charge in [-0.3, -0.25) is 9.69 Å². The van der Waals surface area contributed by atoms with Gasteiger partial charge in [0, 0.05) is 49.7 Å². The van der Waals surface area contributed by atoms with Gasteiger partial charge in [-0.05, 0) is 60.5 Å². The second kappa shape index (κ2) is 10.1. The van der Waals surface area contributed by atoms with E-state index in [0.29, 0.717) is 5.56 Å². The minimum atomic E-state index is -0.0809. The van der Waals surface area contributed by atoms with Crippen molar-refractivity contribution in [3.05, 3.63) is 90.0 Å². The predicted octanol–water partition coefficient (Wildman–Crippen LogP) is 4.66. The van der Waals surface area contributed by atoms with Crippen LogP contribution in [0.1, 0.15) is 22.3 Å². The van der Waals surface area contributed by atoms with Crippen molar-refractivity contribution in [3.63, 3.8) is 0 Å². The lowest BCUT2D eigenvalue weighted by Gasteiger charge is -2.24. The number of carbonyl (C=O) groups excluding carboxylic acids is 1. The zero-order chi connectivity index (χ0) is 21.5. The molecule has 0 spiro atoms. The molecule has 0 aliphatic carbocycles. The highest BCUT2D eigenvalue weighted by Crippen LogP contribution is 2.21. The molecule has 1 saturated heterocycles. The first kappa shape index (κ1) is 20.9. The second-order valence-corrected chi connectivity index (χ2v) is 7.83. The zero-order valence-electron chi connectivity index (χ0n) is 18.0. The summed E-state index contributed by atoms with van der Waals surface area (Å²) in [6, 6.07) is 25.8. The number of carbonyl (C=O) groups is 1. The molecule has 5 heteroatoms. The van der Waals surface area contributed by atoms with Crippen molar-refractivity contribution in [1.82, 2.24) is 4.90 Å². The van der Waals surface area contributed by atoms with E-state index in [1.54, 1.807) is 7.11 Å². The lowest BCUT2D eigenvalue weighted by molar-refractivity contribution is 0.102. The molecule has 1 aliphatic heterocycles. The summed E-state index contributed by atoms with van der Waals surface area (Å²) in [5.41, 5.74) is 3.96. The van der Waals surface area contributed by atoms with E-state index in [2.05, 4.69) is 39.4 Å². The fraction of sp³-hybridized carbons (Fsp3) is 0.269. The fourth-order valence-corrected chi connectivity index (χ4v) is 3.92. The highest BCUT2D eigenvalue weighted by atomic mass is 16.5. The maximum absolute atomic E-state index is 12.4. The second-order valence-electron chi connectivity index (χ2n) is 7.83. The number of amides is 1. The maximum atomic E-state index is 12.4. The van der Waals surface area contributed by atoms with E-state index >= 15 is 0 Å². The molecule has 0 bridgehead atoms. The summed E-state index contributed by atoms with van der Waals surface area (Å²) in [7, 11) is 1.70. The number of methoxy groups -OCH3 is 1. The smallest absolute Gasteiger partial charge is 0.255 e. The van der Waals surface area contributed by atoms with Crippen LogP contribution in [0.5, 0.6) is 5.75 Å². The Morgan fingerprint density at radius 2 is 1.61 bits per heavy atom. The average Bonchev–Trinajstić information content (AvgIpc) is 3.06. The van der Waals surface area contributed by atoms with Crippen molar-refractivity contribution in [2.24, 2.45) is 0 Å². The van der Waals surface area contributed by atoms with Gasteiger partial charge in [0.25, 0.3) is 5.91 Å². The largest absolute Gasteiger partial charge is 0.497 e. The van der Waals surface area contributed by atoms with Crippen molar-refractivity contribution in [1.29, 1.82) is 0 Å². The lowest BCUT2D eigenvalue weighted by Crippen LogP contribution is -2.30. The Labute approximate surface area is 184 Å². The molecule has 1 amide bonds. The van der Waals surface area contributed by atoms with Crippen LogP contribution in [-0.4, -0.2) is 44.1 Å². The van der Waals surface area contributed by atoms with Gasteiger partial charge in [-0.15, -0.1) is 0 Å². The van der Waals surface area contributed by atoms with E-state index in [1.165, 1.54) is 11.3 Å². The molecule has 1 aliphatic rings. The molecular formula is C26H29N3O2. The molecule has 1 N–H and O–H groups in total. The van der Waals surface area contributed by atoms with Gasteiger partial charge in [-0.2, -0.15) is 0 Å². The topological polar surface area (TPSA) is 44.8 Å². The van der Waals surface area contributed by atoms with Gasteiger partial charge in [0.05, 0.1) is 7.11 Å². The third-order valence-corrected chi connectivity index (χ3v) is 5.68. The van der Waals surface area contributed by atoms with Crippen LogP contribution in [-0.2, 0) is 6.54 Å². The van der Waals surface area contributed by atoms with E-state index in [1.807, 2.05) is 54.6 Å². The van der Waals surface area contributed by atoms with Crippen LogP contribution >= 0.6 is 0 Å². The van der Waals surface area contributed by atoms with Crippen molar-refractivity contribution in [3.8, 4) is 5.75 Å². The van der Waals surface area contributed by atoms with Crippen LogP contribution in [0.3, 0.4) is 0 Å². The Morgan fingerprint density at radius 3 is 2.32 bits per heavy atom. The molecule has 3 aromatic rings. The Hall–Kier alpha value is -3.31. The molecule has 4 rings (SSSR count). The van der Waals surface area contributed by atoms with Crippen LogP contribution in [0.4, 0.5) is 11.4 Å². The first-order chi connectivity index (χ1) is 15.2. The first-order valence-corrected chi connectivity index (χ1v) is 10.8. The normalized spacial score (nSPS) is 14.7. The standard InChI is InChI=1S/C26H29N3O2/c1-31-25-14-12-24(13-15-25)29-17-5-16-28(18-19-29)20-21-8-10-22(11-9-21)26(30)27-23-6-3-2-4-7-23/h2-4,6-15H,5,16-20H2,1H3,(H,27,30). The highest BCUT2D eigenvalue weighted by Gasteiger charge is 2.16. The van der Waals surface area contributed by atoms with Crippen LogP contribution in [0.25, 0.3) is 0 Å². The summed E-state index contributed by atoms with van der Waals surface area (Å²) in [6.07, 6.45) is 1.13. The van der Waals surface area contributed by atoms with E-state index in [-0.39, 0.29) is 5.91 Å². The molecule has 0 radical (unpaired) electrons. The number of hydrogen-bond donors (Lipinski definition) is 1. The maximum Gasteiger partial charge on any atom is 0.255 e. The number of nitrogens with zero attached hydrogens (tertiary/aromatic N) is 2. The summed E-state index contributed by atoms with van der Waals surface area (Å²) < 4.78 is 5.27.